The summed E-state index contributed by atoms with van der Waals surface area (Å²) in [6.07, 6.45) is -0.248. The number of ether oxygens (including phenoxy) is 2. The molecular formula is C20H25NO4. The van der Waals surface area contributed by atoms with E-state index in [0.717, 1.165) is 23.4 Å². The van der Waals surface area contributed by atoms with Crippen LogP contribution in [0.2, 0.25) is 0 Å². The quantitative estimate of drug-likeness (QED) is 0.805. The Bertz CT molecular complexity index is 649. The van der Waals surface area contributed by atoms with E-state index in [1.807, 2.05) is 42.5 Å². The Morgan fingerprint density at radius 3 is 2.56 bits per heavy atom. The Balaban J connectivity index is 1.84. The van der Waals surface area contributed by atoms with Gasteiger partial charge in [0.05, 0.1) is 25.9 Å². The van der Waals surface area contributed by atoms with Gasteiger partial charge in [0, 0.05) is 18.7 Å². The zero-order valence-electron chi connectivity index (χ0n) is 14.3. The third-order valence-corrected chi connectivity index (χ3v) is 4.47. The van der Waals surface area contributed by atoms with Crippen LogP contribution in [0.25, 0.3) is 0 Å². The summed E-state index contributed by atoms with van der Waals surface area (Å²) in [5.41, 5.74) is 2.20. The third-order valence-electron chi connectivity index (χ3n) is 4.47. The van der Waals surface area contributed by atoms with E-state index >= 15 is 0 Å². The highest BCUT2D eigenvalue weighted by Gasteiger charge is 2.33. The molecule has 1 aliphatic rings. The molecule has 5 heteroatoms. The van der Waals surface area contributed by atoms with Crippen LogP contribution in [0.1, 0.15) is 17.2 Å². The first-order valence-electron chi connectivity index (χ1n) is 8.66. The highest BCUT2D eigenvalue weighted by atomic mass is 16.5. The Hall–Kier alpha value is -1.92. The normalized spacial score (nSPS) is 21.2. The summed E-state index contributed by atoms with van der Waals surface area (Å²) >= 11 is 0. The second-order valence-electron chi connectivity index (χ2n) is 6.10. The fourth-order valence-corrected chi connectivity index (χ4v) is 3.34. The second kappa shape index (κ2) is 8.97. The average Bonchev–Trinajstić information content (AvgIpc) is 2.67. The van der Waals surface area contributed by atoms with Gasteiger partial charge in [-0.05, 0) is 11.6 Å². The Morgan fingerprint density at radius 2 is 1.80 bits per heavy atom. The number of para-hydroxylation sites is 1. The number of aliphatic hydroxyl groups excluding tert-OH is 2. The number of benzene rings is 2. The lowest BCUT2D eigenvalue weighted by atomic mass is 9.97. The average molecular weight is 343 g/mol. The van der Waals surface area contributed by atoms with E-state index in [4.69, 9.17) is 14.6 Å². The fraction of sp³-hybridized carbons (Fsp3) is 0.400. The number of hydrogen-bond acceptors (Lipinski definition) is 5. The molecule has 0 saturated carbocycles. The molecule has 134 valence electrons. The summed E-state index contributed by atoms with van der Waals surface area (Å²) in [5, 5.41) is 18.8. The van der Waals surface area contributed by atoms with Crippen molar-refractivity contribution in [2.75, 3.05) is 33.0 Å². The van der Waals surface area contributed by atoms with Crippen molar-refractivity contribution in [1.82, 2.24) is 4.90 Å². The van der Waals surface area contributed by atoms with Crippen molar-refractivity contribution < 1.29 is 19.7 Å². The minimum Gasteiger partial charge on any atom is -0.491 e. The van der Waals surface area contributed by atoms with Crippen molar-refractivity contribution >= 4 is 0 Å². The summed E-state index contributed by atoms with van der Waals surface area (Å²) in [6.45, 7) is 2.32. The molecule has 1 aliphatic heterocycles. The predicted molar refractivity (Wildman–Crippen MR) is 95.4 cm³/mol. The molecule has 2 aromatic carbocycles. The standard InChI is InChI=1S/C20H25NO4/c22-11-13-25-18-9-5-4-8-17(18)14-21-10-12-24-19(15-23)20(21)16-6-2-1-3-7-16/h1-9,19-20,22-23H,10-15H2. The summed E-state index contributed by atoms with van der Waals surface area (Å²) in [5.74, 6) is 0.787. The molecule has 2 aromatic rings. The monoisotopic (exact) mass is 343 g/mol. The topological polar surface area (TPSA) is 62.2 Å². The molecule has 3 rings (SSSR count). The van der Waals surface area contributed by atoms with Crippen LogP contribution in [-0.4, -0.2) is 54.2 Å². The van der Waals surface area contributed by atoms with Gasteiger partial charge >= 0.3 is 0 Å². The van der Waals surface area contributed by atoms with Gasteiger partial charge in [-0.15, -0.1) is 0 Å². The molecule has 0 spiro atoms. The number of morpholine rings is 1. The molecule has 0 amide bonds. The molecule has 1 fully saturated rings. The van der Waals surface area contributed by atoms with Gasteiger partial charge in [0.15, 0.2) is 0 Å². The SMILES string of the molecule is OCCOc1ccccc1CN1CCOC(CO)C1c1ccccc1. The molecule has 2 atom stereocenters. The van der Waals surface area contributed by atoms with Crippen LogP contribution in [0.3, 0.4) is 0 Å². The van der Waals surface area contributed by atoms with Gasteiger partial charge in [0.2, 0.25) is 0 Å². The molecule has 0 aliphatic carbocycles. The molecule has 0 bridgehead atoms. The van der Waals surface area contributed by atoms with E-state index in [-0.39, 0.29) is 32.0 Å². The van der Waals surface area contributed by atoms with Gasteiger partial charge < -0.3 is 19.7 Å². The molecule has 2 unspecified atom stereocenters. The molecule has 5 nitrogen and oxygen atoms in total. The lowest BCUT2D eigenvalue weighted by Gasteiger charge is -2.41. The van der Waals surface area contributed by atoms with Crippen LogP contribution in [0.4, 0.5) is 0 Å². The molecule has 1 saturated heterocycles. The molecule has 1 heterocycles. The Kier molecular flexibility index (Phi) is 6.42. The van der Waals surface area contributed by atoms with E-state index in [9.17, 15) is 5.11 Å². The van der Waals surface area contributed by atoms with Crippen LogP contribution < -0.4 is 4.74 Å². The van der Waals surface area contributed by atoms with E-state index in [1.165, 1.54) is 0 Å². The van der Waals surface area contributed by atoms with Gasteiger partial charge in [-0.25, -0.2) is 0 Å². The lowest BCUT2D eigenvalue weighted by molar-refractivity contribution is -0.0962. The third kappa shape index (κ3) is 4.38. The number of hydrogen-bond donors (Lipinski definition) is 2. The fourth-order valence-electron chi connectivity index (χ4n) is 3.34. The van der Waals surface area contributed by atoms with E-state index in [0.29, 0.717) is 13.2 Å². The van der Waals surface area contributed by atoms with Crippen LogP contribution in [-0.2, 0) is 11.3 Å². The van der Waals surface area contributed by atoms with Gasteiger partial charge in [-0.2, -0.15) is 0 Å². The summed E-state index contributed by atoms with van der Waals surface area (Å²) in [4.78, 5) is 2.32. The van der Waals surface area contributed by atoms with Crippen molar-refractivity contribution in [2.24, 2.45) is 0 Å². The summed E-state index contributed by atoms with van der Waals surface area (Å²) in [6, 6.07) is 18.0. The number of nitrogens with zero attached hydrogens (tertiary/aromatic N) is 1. The van der Waals surface area contributed by atoms with Gasteiger partial charge in [0.25, 0.3) is 0 Å². The van der Waals surface area contributed by atoms with Gasteiger partial charge in [-0.3, -0.25) is 4.90 Å². The summed E-state index contributed by atoms with van der Waals surface area (Å²) < 4.78 is 11.5. The smallest absolute Gasteiger partial charge is 0.123 e. The Labute approximate surface area is 148 Å². The Morgan fingerprint density at radius 1 is 1.04 bits per heavy atom. The maximum absolute atomic E-state index is 9.77. The second-order valence-corrected chi connectivity index (χ2v) is 6.10. The maximum Gasteiger partial charge on any atom is 0.123 e. The zero-order valence-corrected chi connectivity index (χ0v) is 14.3. The molecular weight excluding hydrogens is 318 g/mol. The predicted octanol–water partition coefficient (Wildman–Crippen LogP) is 1.99. The number of rotatable bonds is 7. The van der Waals surface area contributed by atoms with Gasteiger partial charge in [-0.1, -0.05) is 48.5 Å². The van der Waals surface area contributed by atoms with Crippen LogP contribution in [0.15, 0.2) is 54.6 Å². The number of aliphatic hydroxyl groups is 2. The maximum atomic E-state index is 9.77. The first-order chi connectivity index (χ1) is 12.3. The van der Waals surface area contributed by atoms with E-state index < -0.39 is 0 Å². The highest BCUT2D eigenvalue weighted by molar-refractivity contribution is 5.33. The van der Waals surface area contributed by atoms with Crippen LogP contribution >= 0.6 is 0 Å². The van der Waals surface area contributed by atoms with Crippen LogP contribution in [0.5, 0.6) is 5.75 Å². The first-order valence-corrected chi connectivity index (χ1v) is 8.66. The molecule has 0 aromatic heterocycles. The minimum absolute atomic E-state index is 0.00847. The van der Waals surface area contributed by atoms with Crippen molar-refractivity contribution in [2.45, 2.75) is 18.7 Å². The zero-order chi connectivity index (χ0) is 17.5. The van der Waals surface area contributed by atoms with Crippen molar-refractivity contribution in [3.05, 3.63) is 65.7 Å². The largest absolute Gasteiger partial charge is 0.491 e. The van der Waals surface area contributed by atoms with Crippen LogP contribution in [0, 0.1) is 0 Å². The van der Waals surface area contributed by atoms with Crippen molar-refractivity contribution in [3.8, 4) is 5.75 Å². The lowest BCUT2D eigenvalue weighted by Crippen LogP contribution is -2.46. The highest BCUT2D eigenvalue weighted by Crippen LogP contribution is 2.32. The van der Waals surface area contributed by atoms with Gasteiger partial charge in [0.1, 0.15) is 18.5 Å². The minimum atomic E-state index is -0.248. The molecule has 2 N–H and O–H groups in total. The van der Waals surface area contributed by atoms with Crippen molar-refractivity contribution in [1.29, 1.82) is 0 Å². The van der Waals surface area contributed by atoms with E-state index in [1.54, 1.807) is 0 Å². The van der Waals surface area contributed by atoms with E-state index in [2.05, 4.69) is 17.0 Å². The molecule has 25 heavy (non-hydrogen) atoms. The molecule has 0 radical (unpaired) electrons. The summed E-state index contributed by atoms with van der Waals surface area (Å²) in [7, 11) is 0. The first kappa shape index (κ1) is 17.9. The van der Waals surface area contributed by atoms with Crippen molar-refractivity contribution in [3.63, 3.8) is 0 Å².